The van der Waals surface area contributed by atoms with E-state index < -0.39 is 0 Å². The number of aryl methyl sites for hydroxylation is 1. The van der Waals surface area contributed by atoms with Gasteiger partial charge in [-0.3, -0.25) is 4.79 Å². The Morgan fingerprint density at radius 3 is 2.63 bits per heavy atom. The third kappa shape index (κ3) is 5.30. The van der Waals surface area contributed by atoms with Gasteiger partial charge in [-0.2, -0.15) is 0 Å². The molecule has 0 heterocycles. The summed E-state index contributed by atoms with van der Waals surface area (Å²) in [6.07, 6.45) is 2.74. The van der Waals surface area contributed by atoms with E-state index in [9.17, 15) is 9.90 Å². The van der Waals surface area contributed by atoms with E-state index in [-0.39, 0.29) is 23.6 Å². The van der Waals surface area contributed by atoms with Crippen LogP contribution in [0.1, 0.15) is 38.7 Å². The van der Waals surface area contributed by atoms with Crippen molar-refractivity contribution in [2.75, 3.05) is 5.32 Å². The van der Waals surface area contributed by atoms with Gasteiger partial charge in [0.1, 0.15) is 5.75 Å². The van der Waals surface area contributed by atoms with Gasteiger partial charge in [-0.25, -0.2) is 0 Å². The smallest absolute Gasteiger partial charge is 0.227 e. The zero-order valence-corrected chi connectivity index (χ0v) is 11.9. The molecule has 0 bridgehead atoms. The van der Waals surface area contributed by atoms with Crippen molar-refractivity contribution in [2.24, 2.45) is 11.7 Å². The largest absolute Gasteiger partial charge is 0.508 e. The van der Waals surface area contributed by atoms with Crippen molar-refractivity contribution in [3.63, 3.8) is 0 Å². The molecule has 1 aromatic rings. The van der Waals surface area contributed by atoms with Crippen LogP contribution in [0.15, 0.2) is 18.2 Å². The van der Waals surface area contributed by atoms with Crippen LogP contribution in [0, 0.1) is 12.8 Å². The SMILES string of the molecule is Cc1cc(NC(=O)C(C)CCCC(C)N)ccc1O. The van der Waals surface area contributed by atoms with Gasteiger partial charge < -0.3 is 16.2 Å². The van der Waals surface area contributed by atoms with Crippen molar-refractivity contribution < 1.29 is 9.90 Å². The van der Waals surface area contributed by atoms with E-state index >= 15 is 0 Å². The maximum absolute atomic E-state index is 12.0. The lowest BCUT2D eigenvalue weighted by Crippen LogP contribution is -2.21. The van der Waals surface area contributed by atoms with Crippen molar-refractivity contribution in [1.29, 1.82) is 0 Å². The van der Waals surface area contributed by atoms with Crippen molar-refractivity contribution in [3.8, 4) is 5.75 Å². The van der Waals surface area contributed by atoms with Crippen LogP contribution in [0.2, 0.25) is 0 Å². The van der Waals surface area contributed by atoms with Crippen molar-refractivity contribution in [3.05, 3.63) is 23.8 Å². The summed E-state index contributed by atoms with van der Waals surface area (Å²) in [6, 6.07) is 5.25. The third-order valence-electron chi connectivity index (χ3n) is 3.21. The lowest BCUT2D eigenvalue weighted by molar-refractivity contribution is -0.119. The molecule has 0 fully saturated rings. The number of amides is 1. The highest BCUT2D eigenvalue weighted by Crippen LogP contribution is 2.21. The number of rotatable bonds is 6. The van der Waals surface area contributed by atoms with Crippen LogP contribution >= 0.6 is 0 Å². The second-order valence-electron chi connectivity index (χ2n) is 5.30. The maximum atomic E-state index is 12.0. The first-order valence-corrected chi connectivity index (χ1v) is 6.76. The quantitative estimate of drug-likeness (QED) is 0.691. The molecule has 0 aliphatic carbocycles. The first-order chi connectivity index (χ1) is 8.90. The van der Waals surface area contributed by atoms with Gasteiger partial charge in [0, 0.05) is 17.6 Å². The van der Waals surface area contributed by atoms with Crippen LogP contribution in [-0.2, 0) is 4.79 Å². The minimum Gasteiger partial charge on any atom is -0.508 e. The van der Waals surface area contributed by atoms with Crippen LogP contribution in [0.25, 0.3) is 0 Å². The molecule has 2 unspecified atom stereocenters. The van der Waals surface area contributed by atoms with Crippen LogP contribution in [-0.4, -0.2) is 17.1 Å². The molecule has 0 saturated heterocycles. The molecule has 1 amide bonds. The minimum absolute atomic E-state index is 0.00904. The van der Waals surface area contributed by atoms with E-state index in [4.69, 9.17) is 5.73 Å². The number of benzene rings is 1. The van der Waals surface area contributed by atoms with Crippen molar-refractivity contribution in [2.45, 2.75) is 46.1 Å². The molecule has 0 aliphatic rings. The monoisotopic (exact) mass is 264 g/mol. The fourth-order valence-electron chi connectivity index (χ4n) is 1.88. The number of hydrogen-bond donors (Lipinski definition) is 3. The Hall–Kier alpha value is -1.55. The van der Waals surface area contributed by atoms with Crippen LogP contribution in [0.3, 0.4) is 0 Å². The number of carbonyl (C=O) groups is 1. The number of nitrogens with two attached hydrogens (primary N) is 1. The summed E-state index contributed by atoms with van der Waals surface area (Å²) >= 11 is 0. The lowest BCUT2D eigenvalue weighted by Gasteiger charge is -2.13. The number of aromatic hydroxyl groups is 1. The first kappa shape index (κ1) is 15.5. The van der Waals surface area contributed by atoms with E-state index in [1.165, 1.54) is 0 Å². The molecule has 1 rings (SSSR count). The van der Waals surface area contributed by atoms with Crippen LogP contribution in [0.5, 0.6) is 5.75 Å². The number of phenols is 1. The Bertz CT molecular complexity index is 430. The highest BCUT2D eigenvalue weighted by Gasteiger charge is 2.13. The zero-order chi connectivity index (χ0) is 14.4. The van der Waals surface area contributed by atoms with E-state index in [0.717, 1.165) is 30.5 Å². The molecule has 0 radical (unpaired) electrons. The van der Waals surface area contributed by atoms with Gasteiger partial charge in [0.25, 0.3) is 0 Å². The number of carbonyl (C=O) groups excluding carboxylic acids is 1. The highest BCUT2D eigenvalue weighted by molar-refractivity contribution is 5.92. The molecule has 0 aromatic heterocycles. The fraction of sp³-hybridized carbons (Fsp3) is 0.533. The van der Waals surface area contributed by atoms with Crippen molar-refractivity contribution >= 4 is 11.6 Å². The summed E-state index contributed by atoms with van der Waals surface area (Å²) in [5.41, 5.74) is 7.16. The van der Waals surface area contributed by atoms with E-state index in [2.05, 4.69) is 5.32 Å². The summed E-state index contributed by atoms with van der Waals surface area (Å²) in [6.45, 7) is 5.70. The average Bonchev–Trinajstić information content (AvgIpc) is 2.33. The number of anilines is 1. The molecule has 2 atom stereocenters. The van der Waals surface area contributed by atoms with Gasteiger partial charge >= 0.3 is 0 Å². The molecule has 4 heteroatoms. The lowest BCUT2D eigenvalue weighted by atomic mass is 10.0. The second kappa shape index (κ2) is 7.14. The molecule has 4 N–H and O–H groups in total. The van der Waals surface area contributed by atoms with Gasteiger partial charge in [0.2, 0.25) is 5.91 Å². The first-order valence-electron chi connectivity index (χ1n) is 6.76. The summed E-state index contributed by atoms with van der Waals surface area (Å²) in [4.78, 5) is 12.0. The highest BCUT2D eigenvalue weighted by atomic mass is 16.3. The predicted octanol–water partition coefficient (Wildman–Crippen LogP) is 2.79. The van der Waals surface area contributed by atoms with Gasteiger partial charge in [-0.1, -0.05) is 13.3 Å². The van der Waals surface area contributed by atoms with Crippen molar-refractivity contribution in [1.82, 2.24) is 0 Å². The summed E-state index contributed by atoms with van der Waals surface area (Å²) in [5, 5.41) is 12.3. The third-order valence-corrected chi connectivity index (χ3v) is 3.21. The molecule has 106 valence electrons. The van der Waals surface area contributed by atoms with E-state index in [1.54, 1.807) is 25.1 Å². The maximum Gasteiger partial charge on any atom is 0.227 e. The molecular formula is C15H24N2O2. The average molecular weight is 264 g/mol. The summed E-state index contributed by atoms with van der Waals surface area (Å²) < 4.78 is 0. The molecule has 0 aliphatic heterocycles. The molecular weight excluding hydrogens is 240 g/mol. The Morgan fingerprint density at radius 1 is 1.37 bits per heavy atom. The fourth-order valence-corrected chi connectivity index (χ4v) is 1.88. The number of phenolic OH excluding ortho intramolecular Hbond substituents is 1. The standard InChI is InChI=1S/C15H24N2O2/c1-10(5-4-6-12(3)16)15(19)17-13-7-8-14(18)11(2)9-13/h7-10,12,18H,4-6,16H2,1-3H3,(H,17,19). The van der Waals surface area contributed by atoms with E-state index in [1.807, 2.05) is 13.8 Å². The van der Waals surface area contributed by atoms with Gasteiger partial charge in [0.05, 0.1) is 0 Å². The molecule has 0 spiro atoms. The Labute approximate surface area is 115 Å². The summed E-state index contributed by atoms with van der Waals surface area (Å²) in [7, 11) is 0. The van der Waals surface area contributed by atoms with Gasteiger partial charge in [0.15, 0.2) is 0 Å². The zero-order valence-electron chi connectivity index (χ0n) is 11.9. The van der Waals surface area contributed by atoms with Crippen LogP contribution < -0.4 is 11.1 Å². The molecule has 0 saturated carbocycles. The Balaban J connectivity index is 2.47. The minimum atomic E-state index is -0.0344. The molecule has 1 aromatic carbocycles. The normalized spacial score (nSPS) is 13.9. The molecule has 19 heavy (non-hydrogen) atoms. The van der Waals surface area contributed by atoms with Gasteiger partial charge in [-0.15, -0.1) is 0 Å². The molecule has 4 nitrogen and oxygen atoms in total. The van der Waals surface area contributed by atoms with Crippen LogP contribution in [0.4, 0.5) is 5.69 Å². The predicted molar refractivity (Wildman–Crippen MR) is 78.1 cm³/mol. The Kier molecular flexibility index (Phi) is 5.83. The summed E-state index contributed by atoms with van der Waals surface area (Å²) in [5.74, 6) is 0.214. The van der Waals surface area contributed by atoms with E-state index in [0.29, 0.717) is 0 Å². The number of hydrogen-bond acceptors (Lipinski definition) is 3. The second-order valence-corrected chi connectivity index (χ2v) is 5.30. The topological polar surface area (TPSA) is 75.4 Å². The Morgan fingerprint density at radius 2 is 2.05 bits per heavy atom. The van der Waals surface area contributed by atoms with Gasteiger partial charge in [-0.05, 0) is 50.5 Å². The number of nitrogens with one attached hydrogen (secondary N) is 1.